The van der Waals surface area contributed by atoms with E-state index in [9.17, 15) is 9.90 Å². The monoisotopic (exact) mass is 203 g/mol. The van der Waals surface area contributed by atoms with Crippen molar-refractivity contribution >= 4 is 5.97 Å². The Hall–Kier alpha value is -1.07. The minimum absolute atomic E-state index is 0.292. The van der Waals surface area contributed by atoms with E-state index in [0.717, 1.165) is 6.08 Å². The van der Waals surface area contributed by atoms with Gasteiger partial charge in [-0.2, -0.15) is 0 Å². The fourth-order valence-electron chi connectivity index (χ4n) is 0.819. The first-order chi connectivity index (χ1) is 6.48. The Bertz CT molecular complexity index is 201. The van der Waals surface area contributed by atoms with Gasteiger partial charge in [0.2, 0.25) is 0 Å². The number of carboxylic acids is 1. The van der Waals surface area contributed by atoms with E-state index >= 15 is 0 Å². The highest BCUT2D eigenvalue weighted by Gasteiger charge is 2.18. The smallest absolute Gasteiger partial charge is 0.329 e. The van der Waals surface area contributed by atoms with Crippen LogP contribution in [-0.2, 0) is 9.53 Å². The maximum atomic E-state index is 10.1. The molecule has 0 amide bonds. The molecule has 5 heteroatoms. The van der Waals surface area contributed by atoms with Crippen molar-refractivity contribution in [3.8, 4) is 0 Å². The average Bonchev–Trinajstić information content (AvgIpc) is 2.09. The second-order valence-corrected chi connectivity index (χ2v) is 3.29. The summed E-state index contributed by atoms with van der Waals surface area (Å²) in [6.07, 6.45) is 2.77. The Labute approximate surface area is 83.4 Å². The van der Waals surface area contributed by atoms with Gasteiger partial charge in [-0.25, -0.2) is 4.79 Å². The van der Waals surface area contributed by atoms with Crippen molar-refractivity contribution in [1.82, 2.24) is 5.32 Å². The lowest BCUT2D eigenvalue weighted by atomic mass is 10.0. The van der Waals surface area contributed by atoms with Gasteiger partial charge in [-0.15, -0.1) is 0 Å². The summed E-state index contributed by atoms with van der Waals surface area (Å²) in [6, 6.07) is 0. The van der Waals surface area contributed by atoms with Crippen molar-refractivity contribution in [1.29, 1.82) is 0 Å². The number of rotatable bonds is 7. The largest absolute Gasteiger partial charge is 0.478 e. The molecule has 0 radical (unpaired) electrons. The van der Waals surface area contributed by atoms with Gasteiger partial charge in [-0.1, -0.05) is 0 Å². The molecule has 0 aromatic rings. The maximum absolute atomic E-state index is 10.1. The van der Waals surface area contributed by atoms with Crippen molar-refractivity contribution in [2.45, 2.75) is 18.9 Å². The summed E-state index contributed by atoms with van der Waals surface area (Å²) >= 11 is 0. The molecule has 0 aliphatic rings. The van der Waals surface area contributed by atoms with E-state index in [1.165, 1.54) is 6.20 Å². The predicted octanol–water partition coefficient (Wildman–Crippen LogP) is -0.0382. The molecule has 3 N–H and O–H groups in total. The van der Waals surface area contributed by atoms with Crippen LogP contribution in [0.25, 0.3) is 0 Å². The van der Waals surface area contributed by atoms with Crippen LogP contribution in [0.4, 0.5) is 0 Å². The average molecular weight is 203 g/mol. The molecule has 0 saturated carbocycles. The highest BCUT2D eigenvalue weighted by Crippen LogP contribution is 2.07. The molecule has 0 heterocycles. The number of nitrogens with one attached hydrogen (secondary N) is 1. The molecule has 0 saturated heterocycles. The number of aliphatic hydroxyl groups is 1. The molecule has 0 aromatic heterocycles. The normalized spacial score (nSPS) is 15.4. The molecule has 0 fully saturated rings. The molecule has 0 rings (SSSR count). The third-order valence-electron chi connectivity index (χ3n) is 1.67. The van der Waals surface area contributed by atoms with Gasteiger partial charge >= 0.3 is 5.97 Å². The molecular weight excluding hydrogens is 186 g/mol. The zero-order chi connectivity index (χ0) is 11.0. The van der Waals surface area contributed by atoms with Crippen LogP contribution < -0.4 is 5.32 Å². The third-order valence-corrected chi connectivity index (χ3v) is 1.67. The van der Waals surface area contributed by atoms with Gasteiger partial charge in [0.05, 0.1) is 5.60 Å². The van der Waals surface area contributed by atoms with Gasteiger partial charge in [0, 0.05) is 39.0 Å². The highest BCUT2D eigenvalue weighted by molar-refractivity contribution is 5.79. The van der Waals surface area contributed by atoms with Crippen LogP contribution in [-0.4, -0.2) is 42.0 Å². The van der Waals surface area contributed by atoms with Crippen molar-refractivity contribution in [2.24, 2.45) is 0 Å². The minimum Gasteiger partial charge on any atom is -0.478 e. The number of hydrogen-bond acceptors (Lipinski definition) is 4. The lowest BCUT2D eigenvalue weighted by molar-refractivity contribution is -0.131. The van der Waals surface area contributed by atoms with Gasteiger partial charge in [0.1, 0.15) is 0 Å². The molecule has 14 heavy (non-hydrogen) atoms. The zero-order valence-corrected chi connectivity index (χ0v) is 8.49. The van der Waals surface area contributed by atoms with E-state index in [4.69, 9.17) is 9.84 Å². The first-order valence-corrected chi connectivity index (χ1v) is 4.32. The number of hydrogen-bond donors (Lipinski definition) is 3. The van der Waals surface area contributed by atoms with Gasteiger partial charge in [0.25, 0.3) is 0 Å². The lowest BCUT2D eigenvalue weighted by Gasteiger charge is -2.22. The number of carboxylic acid groups (broad SMARTS) is 1. The summed E-state index contributed by atoms with van der Waals surface area (Å²) in [6.45, 7) is 2.42. The Morgan fingerprint density at radius 3 is 2.79 bits per heavy atom. The summed E-state index contributed by atoms with van der Waals surface area (Å²) < 4.78 is 4.82. The summed E-state index contributed by atoms with van der Waals surface area (Å²) in [5.74, 6) is -1.02. The first-order valence-electron chi connectivity index (χ1n) is 4.32. The standard InChI is InChI=1S/C9H17NO4/c1-9(13,4-6-14-2)7-10-5-3-8(11)12/h3,5,10,13H,4,6-7H2,1-2H3,(H,11,12)/b5-3+. The number of ether oxygens (including phenoxy) is 1. The van der Waals surface area contributed by atoms with Crippen molar-refractivity contribution in [3.05, 3.63) is 12.3 Å². The van der Waals surface area contributed by atoms with E-state index in [1.807, 2.05) is 0 Å². The molecule has 0 aromatic carbocycles. The van der Waals surface area contributed by atoms with E-state index in [2.05, 4.69) is 5.32 Å². The van der Waals surface area contributed by atoms with E-state index in [1.54, 1.807) is 14.0 Å². The summed E-state index contributed by atoms with van der Waals surface area (Å²) in [4.78, 5) is 10.1. The van der Waals surface area contributed by atoms with Gasteiger partial charge in [-0.05, 0) is 6.92 Å². The molecule has 0 spiro atoms. The Morgan fingerprint density at radius 2 is 2.29 bits per heavy atom. The quantitative estimate of drug-likeness (QED) is 0.506. The third kappa shape index (κ3) is 7.57. The molecular formula is C9H17NO4. The lowest BCUT2D eigenvalue weighted by Crippen LogP contribution is -2.36. The van der Waals surface area contributed by atoms with Crippen molar-refractivity contribution in [3.63, 3.8) is 0 Å². The fraction of sp³-hybridized carbons (Fsp3) is 0.667. The van der Waals surface area contributed by atoms with Crippen LogP contribution >= 0.6 is 0 Å². The van der Waals surface area contributed by atoms with Crippen LogP contribution in [0.1, 0.15) is 13.3 Å². The maximum Gasteiger partial charge on any atom is 0.329 e. The second-order valence-electron chi connectivity index (χ2n) is 3.29. The Kier molecular flexibility index (Phi) is 5.91. The van der Waals surface area contributed by atoms with E-state index < -0.39 is 11.6 Å². The van der Waals surface area contributed by atoms with Gasteiger partial charge in [-0.3, -0.25) is 0 Å². The fourth-order valence-corrected chi connectivity index (χ4v) is 0.819. The summed E-state index contributed by atoms with van der Waals surface area (Å²) in [7, 11) is 1.56. The van der Waals surface area contributed by atoms with Crippen LogP contribution in [0.3, 0.4) is 0 Å². The molecule has 82 valence electrons. The summed E-state index contributed by atoms with van der Waals surface area (Å²) in [5, 5.41) is 20.7. The van der Waals surface area contributed by atoms with Crippen LogP contribution in [0.5, 0.6) is 0 Å². The van der Waals surface area contributed by atoms with E-state index in [0.29, 0.717) is 19.6 Å². The Balaban J connectivity index is 3.69. The molecule has 5 nitrogen and oxygen atoms in total. The SMILES string of the molecule is COCCC(C)(O)CN/C=C/C(=O)O. The highest BCUT2D eigenvalue weighted by atomic mass is 16.5. The van der Waals surface area contributed by atoms with Crippen molar-refractivity contribution < 1.29 is 19.7 Å². The van der Waals surface area contributed by atoms with Crippen LogP contribution in [0.2, 0.25) is 0 Å². The molecule has 0 aliphatic carbocycles. The van der Waals surface area contributed by atoms with Gasteiger partial charge < -0.3 is 20.3 Å². The number of aliphatic carboxylic acids is 1. The number of carbonyl (C=O) groups is 1. The second kappa shape index (κ2) is 6.39. The van der Waals surface area contributed by atoms with Crippen LogP contribution in [0.15, 0.2) is 12.3 Å². The zero-order valence-electron chi connectivity index (χ0n) is 8.49. The Morgan fingerprint density at radius 1 is 1.64 bits per heavy atom. The molecule has 0 aliphatic heterocycles. The van der Waals surface area contributed by atoms with E-state index in [-0.39, 0.29) is 0 Å². The van der Waals surface area contributed by atoms with Crippen LogP contribution in [0, 0.1) is 0 Å². The van der Waals surface area contributed by atoms with Gasteiger partial charge in [0.15, 0.2) is 0 Å². The molecule has 0 bridgehead atoms. The first kappa shape index (κ1) is 12.9. The number of methoxy groups -OCH3 is 1. The molecule has 1 atom stereocenters. The minimum atomic E-state index is -1.02. The van der Waals surface area contributed by atoms with Crippen molar-refractivity contribution in [2.75, 3.05) is 20.3 Å². The molecule has 1 unspecified atom stereocenters. The predicted molar refractivity (Wildman–Crippen MR) is 51.9 cm³/mol. The topological polar surface area (TPSA) is 78.8 Å². The summed E-state index contributed by atoms with van der Waals surface area (Å²) in [5.41, 5.74) is -0.890.